The molecule has 0 saturated heterocycles. The van der Waals surface area contributed by atoms with Gasteiger partial charge in [-0.2, -0.15) is 0 Å². The zero-order chi connectivity index (χ0) is 8.97. The number of benzene rings is 1. The monoisotopic (exact) mass is 200 g/mol. The summed E-state index contributed by atoms with van der Waals surface area (Å²) in [5.74, 6) is 0. The number of hydrogen-bond acceptors (Lipinski definition) is 1. The fraction of sp³-hybridized carbons (Fsp3) is 0.333. The van der Waals surface area contributed by atoms with Crippen molar-refractivity contribution in [3.05, 3.63) is 29.8 Å². The van der Waals surface area contributed by atoms with E-state index in [2.05, 4.69) is 18.2 Å². The molecule has 0 fully saturated rings. The molecule has 0 aliphatic heterocycles. The fourth-order valence-electron chi connectivity index (χ4n) is 0.977. The molecule has 1 aromatic carbocycles. The van der Waals surface area contributed by atoms with Gasteiger partial charge in [0.05, 0.1) is 6.61 Å². The zero-order valence-electron chi connectivity index (χ0n) is 7.38. The summed E-state index contributed by atoms with van der Waals surface area (Å²) in [5, 5.41) is 1.38. The quantitative estimate of drug-likeness (QED) is 0.518. The molecule has 66 valence electrons. The molecule has 12 heavy (non-hydrogen) atoms. The van der Waals surface area contributed by atoms with Crippen molar-refractivity contribution in [2.75, 3.05) is 0 Å². The van der Waals surface area contributed by atoms with E-state index in [9.17, 15) is 0 Å². The number of hydrogen-bond donors (Lipinski definition) is 0. The van der Waals surface area contributed by atoms with Gasteiger partial charge >= 0.3 is 0 Å². The lowest BCUT2D eigenvalue weighted by Crippen LogP contribution is -2.12. The summed E-state index contributed by atoms with van der Waals surface area (Å²) in [4.78, 5) is 0. The topological polar surface area (TPSA) is 9.23 Å². The van der Waals surface area contributed by atoms with Crippen molar-refractivity contribution < 1.29 is 4.74 Å². The molecule has 0 bridgehead atoms. The Labute approximate surface area is 81.1 Å². The van der Waals surface area contributed by atoms with Crippen molar-refractivity contribution in [3.63, 3.8) is 0 Å². The summed E-state index contributed by atoms with van der Waals surface area (Å²) in [6.07, 6.45) is 0. The van der Waals surface area contributed by atoms with Gasteiger partial charge in [-0.1, -0.05) is 41.1 Å². The van der Waals surface area contributed by atoms with Crippen LogP contribution in [-0.2, 0) is 11.3 Å². The summed E-state index contributed by atoms with van der Waals surface area (Å²) in [6.45, 7) is 2.46. The summed E-state index contributed by atoms with van der Waals surface area (Å²) in [6, 6.07) is 8.29. The van der Waals surface area contributed by atoms with Gasteiger partial charge in [-0.05, 0) is 12.5 Å². The van der Waals surface area contributed by atoms with Crippen LogP contribution in [0.5, 0.6) is 0 Å². The minimum Gasteiger partial charge on any atom is -0.358 e. The molecule has 0 N–H and O–H groups in total. The molecule has 1 aromatic rings. The minimum atomic E-state index is -0.203. The molecule has 0 amide bonds. The largest absolute Gasteiger partial charge is 0.358 e. The zero-order valence-corrected chi connectivity index (χ0v) is 10.1. The lowest BCUT2D eigenvalue weighted by molar-refractivity contribution is 0.106. The van der Waals surface area contributed by atoms with Crippen LogP contribution < -0.4 is 5.19 Å². The average Bonchev–Trinajstić information content (AvgIpc) is 2.03. The molecule has 1 rings (SSSR count). The maximum absolute atomic E-state index is 5.67. The first-order valence-corrected chi connectivity index (χ1v) is 5.44. The van der Waals surface area contributed by atoms with Crippen LogP contribution in [0.4, 0.5) is 0 Å². The lowest BCUT2D eigenvalue weighted by atomic mass is 10.2. The van der Waals surface area contributed by atoms with Crippen LogP contribution in [0.2, 0.25) is 0 Å². The van der Waals surface area contributed by atoms with Crippen LogP contribution in [-0.4, -0.2) is 15.8 Å². The van der Waals surface area contributed by atoms with Crippen molar-refractivity contribution in [3.8, 4) is 0 Å². The molecule has 1 atom stereocenters. The van der Waals surface area contributed by atoms with E-state index in [4.69, 9.17) is 16.3 Å². The highest BCUT2D eigenvalue weighted by Crippen LogP contribution is 2.02. The van der Waals surface area contributed by atoms with Gasteiger partial charge in [0.1, 0.15) is 5.56 Å². The Balaban J connectivity index is 2.57. The molecule has 0 aliphatic rings. The van der Waals surface area contributed by atoms with E-state index < -0.39 is 0 Å². The third-order valence-electron chi connectivity index (χ3n) is 1.73. The highest BCUT2D eigenvalue weighted by atomic mass is 35.5. The van der Waals surface area contributed by atoms with Crippen molar-refractivity contribution in [2.24, 2.45) is 0 Å². The van der Waals surface area contributed by atoms with Crippen LogP contribution in [0.25, 0.3) is 0 Å². The van der Waals surface area contributed by atoms with Gasteiger partial charge in [0.2, 0.25) is 0 Å². The Morgan fingerprint density at radius 2 is 2.17 bits per heavy atom. The fourth-order valence-corrected chi connectivity index (χ4v) is 1.54. The Hall–Kier alpha value is -0.313. The van der Waals surface area contributed by atoms with Crippen LogP contribution in [0.3, 0.4) is 0 Å². The van der Waals surface area contributed by atoms with Crippen molar-refractivity contribution in [2.45, 2.75) is 19.1 Å². The Kier molecular flexibility index (Phi) is 3.79. The van der Waals surface area contributed by atoms with E-state index in [0.717, 1.165) is 10.2 Å². The van der Waals surface area contributed by atoms with Gasteiger partial charge in [0, 0.05) is 10.2 Å². The Morgan fingerprint density at radius 3 is 2.75 bits per heavy atom. The second-order valence-electron chi connectivity index (χ2n) is 2.78. The second-order valence-corrected chi connectivity index (χ2v) is 4.47. The minimum absolute atomic E-state index is 0.203. The van der Waals surface area contributed by atoms with Crippen molar-refractivity contribution >= 4 is 27.0 Å². The Bertz CT molecular complexity index is 250. The maximum Gasteiger partial charge on any atom is 0.128 e. The van der Waals surface area contributed by atoms with E-state index in [1.54, 1.807) is 0 Å². The molecule has 0 aromatic heterocycles. The van der Waals surface area contributed by atoms with E-state index in [1.165, 1.54) is 10.8 Å². The Morgan fingerprint density at radius 1 is 1.50 bits per heavy atom. The predicted molar refractivity (Wildman–Crippen MR) is 56.1 cm³/mol. The molecule has 0 aliphatic carbocycles. The molecule has 0 radical (unpaired) electrons. The van der Waals surface area contributed by atoms with Crippen LogP contribution in [0.15, 0.2) is 24.3 Å². The van der Waals surface area contributed by atoms with Gasteiger partial charge in [-0.3, -0.25) is 0 Å². The SMILES string of the molecule is CC(Cl)OCc1ccccc1[SiH3]. The number of halogens is 1. The van der Waals surface area contributed by atoms with Gasteiger partial charge in [-0.25, -0.2) is 0 Å². The van der Waals surface area contributed by atoms with Crippen molar-refractivity contribution in [1.82, 2.24) is 0 Å². The summed E-state index contributed by atoms with van der Waals surface area (Å²) < 4.78 is 5.30. The molecule has 0 saturated carbocycles. The first-order chi connectivity index (χ1) is 5.70. The number of alkyl halides is 1. The first kappa shape index (κ1) is 9.77. The standard InChI is InChI=1S/C9H13ClOSi/c1-7(10)11-6-8-4-2-3-5-9(8)12/h2-5,7H,6H2,1,12H3. The van der Waals surface area contributed by atoms with Crippen molar-refractivity contribution in [1.29, 1.82) is 0 Å². The molecule has 1 unspecified atom stereocenters. The molecular formula is C9H13ClOSi. The predicted octanol–water partition coefficient (Wildman–Crippen LogP) is 0.779. The molecule has 0 heterocycles. The van der Waals surface area contributed by atoms with Crippen LogP contribution >= 0.6 is 11.6 Å². The smallest absolute Gasteiger partial charge is 0.128 e. The number of rotatable bonds is 3. The van der Waals surface area contributed by atoms with Gasteiger partial charge in [0.15, 0.2) is 0 Å². The summed E-state index contributed by atoms with van der Waals surface area (Å²) in [5.41, 5.74) is 1.06. The van der Waals surface area contributed by atoms with E-state index in [0.29, 0.717) is 6.61 Å². The first-order valence-electron chi connectivity index (χ1n) is 4.00. The summed E-state index contributed by atoms with van der Waals surface area (Å²) in [7, 11) is 1.06. The number of ether oxygens (including phenoxy) is 1. The summed E-state index contributed by atoms with van der Waals surface area (Å²) >= 11 is 5.67. The highest BCUT2D eigenvalue weighted by Gasteiger charge is 1.99. The normalized spacial score (nSPS) is 13.2. The molecule has 3 heteroatoms. The van der Waals surface area contributed by atoms with E-state index in [-0.39, 0.29) is 5.56 Å². The van der Waals surface area contributed by atoms with Gasteiger partial charge in [0.25, 0.3) is 0 Å². The molecule has 0 spiro atoms. The lowest BCUT2D eigenvalue weighted by Gasteiger charge is -2.07. The van der Waals surface area contributed by atoms with Gasteiger partial charge < -0.3 is 4.74 Å². The van der Waals surface area contributed by atoms with Gasteiger partial charge in [-0.15, -0.1) is 0 Å². The van der Waals surface area contributed by atoms with Crippen LogP contribution in [0, 0.1) is 0 Å². The molecular weight excluding hydrogens is 188 g/mol. The van der Waals surface area contributed by atoms with E-state index in [1.807, 2.05) is 13.0 Å². The highest BCUT2D eigenvalue weighted by molar-refractivity contribution is 6.33. The second kappa shape index (κ2) is 4.65. The maximum atomic E-state index is 5.67. The average molecular weight is 201 g/mol. The van der Waals surface area contributed by atoms with Crippen LogP contribution in [0.1, 0.15) is 12.5 Å². The third kappa shape index (κ3) is 2.97. The van der Waals surface area contributed by atoms with E-state index >= 15 is 0 Å². The molecule has 1 nitrogen and oxygen atoms in total. The third-order valence-corrected chi connectivity index (χ3v) is 2.83.